The number of carbonyl (C=O) groups is 2. The molecule has 4 fully saturated rings. The third kappa shape index (κ3) is 5.03. The summed E-state index contributed by atoms with van der Waals surface area (Å²) in [6, 6.07) is 0. The number of allylic oxidation sites excluding steroid dienone is 3. The van der Waals surface area contributed by atoms with E-state index in [1.165, 1.54) is 0 Å². The van der Waals surface area contributed by atoms with Gasteiger partial charge in [-0.25, -0.2) is 9.59 Å². The van der Waals surface area contributed by atoms with Crippen molar-refractivity contribution in [3.63, 3.8) is 0 Å². The smallest absolute Gasteiger partial charge is 0.333 e. The zero-order valence-corrected chi connectivity index (χ0v) is 31.9. The van der Waals surface area contributed by atoms with Crippen molar-refractivity contribution in [3.05, 3.63) is 34.9 Å². The summed E-state index contributed by atoms with van der Waals surface area (Å²) in [5, 5.41) is 47.6. The minimum atomic E-state index is -1.53. The molecule has 5 rings (SSSR count). The molecule has 0 aliphatic heterocycles. The van der Waals surface area contributed by atoms with Gasteiger partial charge in [0, 0.05) is 28.6 Å². The van der Waals surface area contributed by atoms with Gasteiger partial charge in [-0.3, -0.25) is 0 Å². The Morgan fingerprint density at radius 1 is 0.837 bits per heavy atom. The molecule has 0 spiro atoms. The first-order valence-electron chi connectivity index (χ1n) is 18.7. The number of ether oxygens (including phenoxy) is 2. The molecule has 0 amide bonds. The molecule has 4 N–H and O–H groups in total. The average Bonchev–Trinajstić information content (AvgIpc) is 3.06. The first-order valence-corrected chi connectivity index (χ1v) is 18.7. The zero-order chi connectivity index (χ0) is 36.7. The molecule has 0 aromatic rings. The van der Waals surface area contributed by atoms with Crippen molar-refractivity contribution in [3.8, 4) is 0 Å². The van der Waals surface area contributed by atoms with Crippen LogP contribution in [0.4, 0.5) is 0 Å². The lowest BCUT2D eigenvalue weighted by atomic mass is 9.32. The molecular formula is C41H64O8. The molecule has 0 heterocycles. The molecular weight excluding hydrogens is 620 g/mol. The van der Waals surface area contributed by atoms with E-state index < -0.39 is 70.5 Å². The van der Waals surface area contributed by atoms with Crippen LogP contribution in [-0.2, 0) is 19.1 Å². The van der Waals surface area contributed by atoms with Crippen LogP contribution in [-0.4, -0.2) is 70.0 Å². The summed E-state index contributed by atoms with van der Waals surface area (Å²) in [6.07, 6.45) is 5.64. The highest BCUT2D eigenvalue weighted by Gasteiger charge is 2.76. The maximum atomic E-state index is 13.5. The number of fused-ring (bicyclic) bond motifs is 7. The predicted octanol–water partition coefficient (Wildman–Crippen LogP) is 6.31. The summed E-state index contributed by atoms with van der Waals surface area (Å²) in [4.78, 5) is 26.9. The van der Waals surface area contributed by atoms with Crippen LogP contribution in [0, 0.1) is 56.2 Å². The molecule has 5 aliphatic carbocycles. The molecule has 4 saturated carbocycles. The molecule has 8 heteroatoms. The number of hydrogen-bond donors (Lipinski definition) is 4. The second-order valence-electron chi connectivity index (χ2n) is 18.3. The maximum Gasteiger partial charge on any atom is 0.333 e. The number of carbonyl (C=O) groups excluding carboxylic acids is 2. The number of aliphatic hydroxyl groups is 4. The molecule has 49 heavy (non-hydrogen) atoms. The van der Waals surface area contributed by atoms with Crippen molar-refractivity contribution in [1.29, 1.82) is 0 Å². The molecule has 276 valence electrons. The maximum absolute atomic E-state index is 13.5. The van der Waals surface area contributed by atoms with Crippen molar-refractivity contribution >= 4 is 11.9 Å². The van der Waals surface area contributed by atoms with Crippen LogP contribution in [0.1, 0.15) is 115 Å². The summed E-state index contributed by atoms with van der Waals surface area (Å²) in [6.45, 7) is 21.7. The second kappa shape index (κ2) is 12.6. The van der Waals surface area contributed by atoms with Gasteiger partial charge in [-0.1, -0.05) is 72.3 Å². The molecule has 8 nitrogen and oxygen atoms in total. The van der Waals surface area contributed by atoms with Gasteiger partial charge in [-0.05, 0) is 106 Å². The average molecular weight is 685 g/mol. The molecule has 5 aliphatic rings. The van der Waals surface area contributed by atoms with E-state index in [9.17, 15) is 30.0 Å². The number of rotatable bonds is 6. The standard InChI is InChI=1S/C41H64O8/c1-12-23(3)34(46)48-32-33(49-35(47)24(4)13-2)41(22-43)27(20-36(32,6)7)26-14-15-29-37(8)18-16-25(5)38(9,21-42)28(37)17-19-39(29,10)40(26,11)30(44)31(41)45/h12-14,25,27-33,42-45H,15-22H2,1-11H3/t25-,27?,28?,29?,30-,31+,32-,33-,37-,38-,39+,40-,41-/m0/s1. The molecule has 0 bridgehead atoms. The lowest BCUT2D eigenvalue weighted by molar-refractivity contribution is -0.292. The second-order valence-corrected chi connectivity index (χ2v) is 18.3. The Morgan fingerprint density at radius 3 is 1.94 bits per heavy atom. The van der Waals surface area contributed by atoms with E-state index >= 15 is 0 Å². The van der Waals surface area contributed by atoms with Crippen molar-refractivity contribution < 1.29 is 39.5 Å². The van der Waals surface area contributed by atoms with Crippen molar-refractivity contribution in [1.82, 2.24) is 0 Å². The summed E-state index contributed by atoms with van der Waals surface area (Å²) in [5.74, 6) is -0.697. The third-order valence-electron chi connectivity index (χ3n) is 16.1. The predicted molar refractivity (Wildman–Crippen MR) is 189 cm³/mol. The largest absolute Gasteiger partial charge is 0.454 e. The minimum Gasteiger partial charge on any atom is -0.454 e. The Kier molecular flexibility index (Phi) is 9.83. The third-order valence-corrected chi connectivity index (χ3v) is 16.1. The molecule has 0 aromatic carbocycles. The van der Waals surface area contributed by atoms with Crippen LogP contribution in [0.15, 0.2) is 34.9 Å². The highest BCUT2D eigenvalue weighted by Crippen LogP contribution is 2.76. The fourth-order valence-electron chi connectivity index (χ4n) is 12.2. The normalized spacial score (nSPS) is 47.9. The van der Waals surface area contributed by atoms with E-state index in [1.807, 2.05) is 13.8 Å². The van der Waals surface area contributed by atoms with Crippen molar-refractivity contribution in [2.24, 2.45) is 56.2 Å². The van der Waals surface area contributed by atoms with Crippen molar-refractivity contribution in [2.75, 3.05) is 13.2 Å². The van der Waals surface area contributed by atoms with E-state index in [1.54, 1.807) is 39.8 Å². The lowest BCUT2D eigenvalue weighted by Gasteiger charge is -2.73. The van der Waals surface area contributed by atoms with Gasteiger partial charge in [0.15, 0.2) is 6.10 Å². The van der Waals surface area contributed by atoms with E-state index in [0.29, 0.717) is 29.4 Å². The minimum absolute atomic E-state index is 0.0733. The highest BCUT2D eigenvalue weighted by atomic mass is 16.6. The van der Waals surface area contributed by atoms with Crippen LogP contribution >= 0.6 is 0 Å². The van der Waals surface area contributed by atoms with Gasteiger partial charge in [0.25, 0.3) is 0 Å². The Balaban J connectivity index is 1.69. The lowest BCUT2D eigenvalue weighted by Crippen LogP contribution is -2.76. The van der Waals surface area contributed by atoms with E-state index in [-0.39, 0.29) is 23.4 Å². The Morgan fingerprint density at radius 2 is 1.41 bits per heavy atom. The summed E-state index contributed by atoms with van der Waals surface area (Å²) in [5.41, 5.74) is -2.01. The van der Waals surface area contributed by atoms with Gasteiger partial charge in [0.05, 0.1) is 24.2 Å². The van der Waals surface area contributed by atoms with Gasteiger partial charge in [-0.15, -0.1) is 0 Å². The number of aliphatic hydroxyl groups excluding tert-OH is 4. The van der Waals surface area contributed by atoms with Gasteiger partial charge >= 0.3 is 11.9 Å². The number of hydrogen-bond acceptors (Lipinski definition) is 8. The summed E-state index contributed by atoms with van der Waals surface area (Å²) < 4.78 is 12.5. The Bertz CT molecular complexity index is 1430. The Labute approximate surface area is 294 Å². The van der Waals surface area contributed by atoms with Crippen molar-refractivity contribution in [2.45, 2.75) is 139 Å². The topological polar surface area (TPSA) is 134 Å². The summed E-state index contributed by atoms with van der Waals surface area (Å²) in [7, 11) is 0. The molecule has 0 radical (unpaired) electrons. The molecule has 3 unspecified atom stereocenters. The van der Waals surface area contributed by atoms with Gasteiger partial charge in [-0.2, -0.15) is 0 Å². The van der Waals surface area contributed by atoms with E-state index in [2.05, 4.69) is 40.7 Å². The molecule has 0 aromatic heterocycles. The fourth-order valence-corrected chi connectivity index (χ4v) is 12.2. The fraction of sp³-hybridized carbons (Fsp3) is 0.805. The summed E-state index contributed by atoms with van der Waals surface area (Å²) >= 11 is 0. The van der Waals surface area contributed by atoms with Gasteiger partial charge in [0.2, 0.25) is 0 Å². The van der Waals surface area contributed by atoms with Gasteiger partial charge in [0.1, 0.15) is 6.10 Å². The first-order chi connectivity index (χ1) is 22.7. The number of esters is 2. The SMILES string of the molecule is CC=C(C)C(=O)O[C@H]1[C@H](OC(=O)C(C)=CC)[C@@]2(CO)C(CC1(C)C)C1=CCC3[C@@]4(C)CC[C@H](C)[C@](C)(CO)C4CC[C@@]3(C)[C@]1(C)[C@@H](O)[C@H]2O. The van der Waals surface area contributed by atoms with E-state index in [0.717, 1.165) is 37.7 Å². The van der Waals surface area contributed by atoms with Crippen LogP contribution in [0.25, 0.3) is 0 Å². The molecule has 0 saturated heterocycles. The van der Waals surface area contributed by atoms with Crippen LogP contribution in [0.5, 0.6) is 0 Å². The van der Waals surface area contributed by atoms with E-state index in [4.69, 9.17) is 9.47 Å². The quantitative estimate of drug-likeness (QED) is 0.146. The van der Waals surface area contributed by atoms with Crippen LogP contribution in [0.2, 0.25) is 0 Å². The van der Waals surface area contributed by atoms with Crippen LogP contribution in [0.3, 0.4) is 0 Å². The molecule has 13 atom stereocenters. The Hall–Kier alpha value is -2.00. The zero-order valence-electron chi connectivity index (χ0n) is 31.9. The van der Waals surface area contributed by atoms with Gasteiger partial charge < -0.3 is 29.9 Å². The highest BCUT2D eigenvalue weighted by molar-refractivity contribution is 5.88. The first kappa shape index (κ1) is 38.2. The monoisotopic (exact) mass is 684 g/mol. The van der Waals surface area contributed by atoms with Crippen LogP contribution < -0.4 is 0 Å².